The Labute approximate surface area is 147 Å². The van der Waals surface area contributed by atoms with E-state index in [9.17, 15) is 0 Å². The molecule has 0 aliphatic rings. The summed E-state index contributed by atoms with van der Waals surface area (Å²) in [6, 6.07) is 7.96. The van der Waals surface area contributed by atoms with Gasteiger partial charge in [-0.2, -0.15) is 0 Å². The maximum absolute atomic E-state index is 5.67. The SMILES string of the molecule is C=CCOc1ccccc1CNC(=NC)NCCc1ncc(C)s1. The third-order valence-electron chi connectivity index (χ3n) is 3.30. The van der Waals surface area contributed by atoms with Crippen LogP contribution in [0.3, 0.4) is 0 Å². The number of para-hydroxylation sites is 1. The molecule has 128 valence electrons. The molecule has 0 saturated carbocycles. The van der Waals surface area contributed by atoms with Crippen molar-refractivity contribution in [2.75, 3.05) is 20.2 Å². The summed E-state index contributed by atoms with van der Waals surface area (Å²) in [7, 11) is 1.77. The number of aromatic nitrogens is 1. The Morgan fingerprint density at radius 1 is 1.38 bits per heavy atom. The van der Waals surface area contributed by atoms with E-state index < -0.39 is 0 Å². The first-order chi connectivity index (χ1) is 11.7. The Balaban J connectivity index is 1.82. The van der Waals surface area contributed by atoms with Gasteiger partial charge in [-0.05, 0) is 13.0 Å². The highest BCUT2D eigenvalue weighted by Gasteiger charge is 2.05. The second kappa shape index (κ2) is 9.72. The molecule has 0 atom stereocenters. The van der Waals surface area contributed by atoms with Crippen molar-refractivity contribution in [1.82, 2.24) is 15.6 Å². The topological polar surface area (TPSA) is 58.5 Å². The first-order valence-corrected chi connectivity index (χ1v) is 8.72. The van der Waals surface area contributed by atoms with Crippen molar-refractivity contribution >= 4 is 17.3 Å². The van der Waals surface area contributed by atoms with Crippen LogP contribution in [-0.4, -0.2) is 31.1 Å². The summed E-state index contributed by atoms with van der Waals surface area (Å²) < 4.78 is 5.67. The lowest BCUT2D eigenvalue weighted by atomic mass is 10.2. The van der Waals surface area contributed by atoms with Gasteiger partial charge in [0.15, 0.2) is 5.96 Å². The molecule has 0 fully saturated rings. The summed E-state index contributed by atoms with van der Waals surface area (Å²) in [5.41, 5.74) is 1.08. The zero-order valence-corrected chi connectivity index (χ0v) is 15.0. The van der Waals surface area contributed by atoms with Crippen LogP contribution in [0.15, 0.2) is 48.1 Å². The Kier molecular flexibility index (Phi) is 7.29. The lowest BCUT2D eigenvalue weighted by Gasteiger charge is -2.14. The summed E-state index contributed by atoms with van der Waals surface area (Å²) in [6.45, 7) is 7.68. The van der Waals surface area contributed by atoms with Gasteiger partial charge in [-0.15, -0.1) is 11.3 Å². The average molecular weight is 344 g/mol. The molecule has 0 aliphatic heterocycles. The maximum Gasteiger partial charge on any atom is 0.191 e. The first kappa shape index (κ1) is 18.0. The van der Waals surface area contributed by atoms with E-state index in [2.05, 4.69) is 34.1 Å². The minimum atomic E-state index is 0.497. The highest BCUT2D eigenvalue weighted by molar-refractivity contribution is 7.11. The van der Waals surface area contributed by atoms with E-state index in [4.69, 9.17) is 4.74 Å². The number of hydrogen-bond acceptors (Lipinski definition) is 4. The lowest BCUT2D eigenvalue weighted by Crippen LogP contribution is -2.37. The van der Waals surface area contributed by atoms with Crippen LogP contribution >= 0.6 is 11.3 Å². The minimum Gasteiger partial charge on any atom is -0.489 e. The molecule has 2 N–H and O–H groups in total. The van der Waals surface area contributed by atoms with Crippen molar-refractivity contribution in [3.8, 4) is 5.75 Å². The summed E-state index contributed by atoms with van der Waals surface area (Å²) in [6.07, 6.45) is 4.54. The molecule has 2 aromatic rings. The number of nitrogens with one attached hydrogen (secondary N) is 2. The molecular formula is C18H24N4OS. The highest BCUT2D eigenvalue weighted by Crippen LogP contribution is 2.17. The second-order valence-electron chi connectivity index (χ2n) is 5.17. The van der Waals surface area contributed by atoms with Crippen LogP contribution in [0.1, 0.15) is 15.4 Å². The standard InChI is InChI=1S/C18H24N4OS/c1-4-11-23-16-8-6-5-7-15(16)13-22-18(19-3)20-10-9-17-21-12-14(2)24-17/h4-8,12H,1,9-11,13H2,2-3H3,(H2,19,20,22). The molecule has 6 heteroatoms. The van der Waals surface area contributed by atoms with Crippen LogP contribution < -0.4 is 15.4 Å². The number of ether oxygens (including phenoxy) is 1. The molecule has 0 unspecified atom stereocenters. The van der Waals surface area contributed by atoms with Crippen LogP contribution in [0.2, 0.25) is 0 Å². The third-order valence-corrected chi connectivity index (χ3v) is 4.27. The third kappa shape index (κ3) is 5.70. The van der Waals surface area contributed by atoms with Gasteiger partial charge in [-0.25, -0.2) is 4.98 Å². The van der Waals surface area contributed by atoms with Crippen molar-refractivity contribution in [3.63, 3.8) is 0 Å². The van der Waals surface area contributed by atoms with Gasteiger partial charge in [0.25, 0.3) is 0 Å². The second-order valence-corrected chi connectivity index (χ2v) is 6.49. The van der Waals surface area contributed by atoms with E-state index in [1.165, 1.54) is 4.88 Å². The number of aryl methyl sites for hydroxylation is 1. The molecule has 2 rings (SSSR count). The number of nitrogens with zero attached hydrogens (tertiary/aromatic N) is 2. The van der Waals surface area contributed by atoms with E-state index in [-0.39, 0.29) is 0 Å². The van der Waals surface area contributed by atoms with Crippen molar-refractivity contribution in [1.29, 1.82) is 0 Å². The van der Waals surface area contributed by atoms with Gasteiger partial charge in [-0.1, -0.05) is 30.9 Å². The molecule has 0 aliphatic carbocycles. The number of hydrogen-bond donors (Lipinski definition) is 2. The molecule has 1 heterocycles. The zero-order valence-electron chi connectivity index (χ0n) is 14.2. The molecule has 1 aromatic carbocycles. The fraction of sp³-hybridized carbons (Fsp3) is 0.333. The Morgan fingerprint density at radius 2 is 2.21 bits per heavy atom. The van der Waals surface area contributed by atoms with Gasteiger partial charge in [0, 0.05) is 43.2 Å². The smallest absolute Gasteiger partial charge is 0.191 e. The van der Waals surface area contributed by atoms with Crippen LogP contribution in [0.25, 0.3) is 0 Å². The van der Waals surface area contributed by atoms with E-state index >= 15 is 0 Å². The van der Waals surface area contributed by atoms with Crippen LogP contribution in [0, 0.1) is 6.92 Å². The number of aliphatic imine (C=N–C) groups is 1. The van der Waals surface area contributed by atoms with E-state index in [1.54, 1.807) is 24.5 Å². The van der Waals surface area contributed by atoms with Crippen LogP contribution in [0.5, 0.6) is 5.75 Å². The van der Waals surface area contributed by atoms with Crippen molar-refractivity contribution in [2.45, 2.75) is 19.9 Å². The molecular weight excluding hydrogens is 320 g/mol. The maximum atomic E-state index is 5.67. The summed E-state index contributed by atoms with van der Waals surface area (Å²) in [5, 5.41) is 7.76. The van der Waals surface area contributed by atoms with Crippen molar-refractivity contribution in [3.05, 3.63) is 58.6 Å². The fourth-order valence-corrected chi connectivity index (χ4v) is 2.93. The molecule has 0 spiro atoms. The molecule has 0 radical (unpaired) electrons. The largest absolute Gasteiger partial charge is 0.489 e. The average Bonchev–Trinajstić information content (AvgIpc) is 3.02. The van der Waals surface area contributed by atoms with E-state index in [0.29, 0.717) is 13.2 Å². The Morgan fingerprint density at radius 3 is 2.92 bits per heavy atom. The van der Waals surface area contributed by atoms with Gasteiger partial charge in [-0.3, -0.25) is 4.99 Å². The van der Waals surface area contributed by atoms with Crippen LogP contribution in [0.4, 0.5) is 0 Å². The number of benzene rings is 1. The van der Waals surface area contributed by atoms with Crippen LogP contribution in [-0.2, 0) is 13.0 Å². The van der Waals surface area contributed by atoms with Crippen molar-refractivity contribution < 1.29 is 4.74 Å². The lowest BCUT2D eigenvalue weighted by molar-refractivity contribution is 0.358. The normalized spacial score (nSPS) is 11.2. The molecule has 5 nitrogen and oxygen atoms in total. The fourth-order valence-electron chi connectivity index (χ4n) is 2.14. The summed E-state index contributed by atoms with van der Waals surface area (Å²) in [5.74, 6) is 1.63. The molecule has 0 amide bonds. The van der Waals surface area contributed by atoms with Gasteiger partial charge in [0.2, 0.25) is 0 Å². The van der Waals surface area contributed by atoms with Gasteiger partial charge in [0.05, 0.1) is 5.01 Å². The van der Waals surface area contributed by atoms with E-state index in [1.807, 2.05) is 30.5 Å². The predicted molar refractivity (Wildman–Crippen MR) is 101 cm³/mol. The minimum absolute atomic E-state index is 0.497. The number of thiazole rings is 1. The van der Waals surface area contributed by atoms with Gasteiger partial charge < -0.3 is 15.4 Å². The summed E-state index contributed by atoms with van der Waals surface area (Å²) >= 11 is 1.73. The molecule has 24 heavy (non-hydrogen) atoms. The first-order valence-electron chi connectivity index (χ1n) is 7.90. The van der Waals surface area contributed by atoms with Gasteiger partial charge >= 0.3 is 0 Å². The molecule has 0 bridgehead atoms. The monoisotopic (exact) mass is 344 g/mol. The molecule has 1 aromatic heterocycles. The molecule has 0 saturated heterocycles. The number of guanidine groups is 1. The summed E-state index contributed by atoms with van der Waals surface area (Å²) in [4.78, 5) is 9.86. The van der Waals surface area contributed by atoms with Crippen molar-refractivity contribution in [2.24, 2.45) is 4.99 Å². The Hall–Kier alpha value is -2.34. The number of rotatable bonds is 8. The van der Waals surface area contributed by atoms with E-state index in [0.717, 1.165) is 35.2 Å². The quantitative estimate of drug-likeness (QED) is 0.439. The zero-order chi connectivity index (χ0) is 17.2. The Bertz CT molecular complexity index is 681. The highest BCUT2D eigenvalue weighted by atomic mass is 32.1. The predicted octanol–water partition coefficient (Wildman–Crippen LogP) is 2.92. The van der Waals surface area contributed by atoms with Gasteiger partial charge in [0.1, 0.15) is 12.4 Å².